The van der Waals surface area contributed by atoms with Crippen LogP contribution in [0.15, 0.2) is 35.4 Å². The van der Waals surface area contributed by atoms with Crippen molar-refractivity contribution < 1.29 is 24.6 Å². The summed E-state index contributed by atoms with van der Waals surface area (Å²) in [6, 6.07) is 5.58. The van der Waals surface area contributed by atoms with Crippen molar-refractivity contribution in [3.63, 3.8) is 0 Å². The number of aliphatic carboxylic acids is 2. The molecule has 10 heteroatoms. The Balaban J connectivity index is 1.53. The number of nitrogens with one attached hydrogen (secondary N) is 3. The van der Waals surface area contributed by atoms with Crippen LogP contribution in [-0.2, 0) is 22.4 Å². The summed E-state index contributed by atoms with van der Waals surface area (Å²) in [7, 11) is 0. The van der Waals surface area contributed by atoms with Crippen molar-refractivity contribution >= 4 is 23.7 Å². The smallest absolute Gasteiger partial charge is 0.326 e. The summed E-state index contributed by atoms with van der Waals surface area (Å²) < 4.78 is 0. The lowest BCUT2D eigenvalue weighted by Crippen LogP contribution is -2.41. The minimum atomic E-state index is -1.28. The van der Waals surface area contributed by atoms with Crippen LogP contribution in [0.25, 0.3) is 0 Å². The highest BCUT2D eigenvalue weighted by Gasteiger charge is 2.23. The summed E-state index contributed by atoms with van der Waals surface area (Å²) >= 11 is 0. The van der Waals surface area contributed by atoms with Crippen LogP contribution < -0.4 is 16.2 Å². The highest BCUT2D eigenvalue weighted by molar-refractivity contribution is 5.96. The van der Waals surface area contributed by atoms with Gasteiger partial charge in [-0.1, -0.05) is 12.1 Å². The van der Waals surface area contributed by atoms with Gasteiger partial charge in [0.05, 0.1) is 11.9 Å². The van der Waals surface area contributed by atoms with E-state index in [4.69, 9.17) is 10.2 Å². The standard InChI is InChI=1S/C21H24N4O6/c26-17(27)8-7-16(21(30)31)25-19(28)14-5-3-12(4-6-14)1-2-13-9-15-18(22-10-13)23-11-24-20(15)29/h3-6,11,13,16H,1-2,7-10H2,(H,25,28)(H,26,27)(H,30,31)(H2,22,23,24,29)/t13?,16-/m0/s1. The molecule has 1 aromatic carbocycles. The molecule has 0 saturated carbocycles. The van der Waals surface area contributed by atoms with Gasteiger partial charge in [-0.15, -0.1) is 0 Å². The van der Waals surface area contributed by atoms with E-state index < -0.39 is 23.9 Å². The number of anilines is 1. The Morgan fingerprint density at radius 1 is 1.19 bits per heavy atom. The van der Waals surface area contributed by atoms with E-state index in [-0.39, 0.29) is 24.3 Å². The van der Waals surface area contributed by atoms with E-state index in [9.17, 15) is 19.2 Å². The van der Waals surface area contributed by atoms with E-state index in [1.165, 1.54) is 6.33 Å². The fourth-order valence-electron chi connectivity index (χ4n) is 3.54. The summed E-state index contributed by atoms with van der Waals surface area (Å²) in [6.07, 6.45) is 3.11. The molecule has 1 aliphatic heterocycles. The van der Waals surface area contributed by atoms with E-state index >= 15 is 0 Å². The average Bonchev–Trinajstić information content (AvgIpc) is 2.75. The van der Waals surface area contributed by atoms with Gasteiger partial charge >= 0.3 is 11.9 Å². The molecule has 1 unspecified atom stereocenters. The number of carboxylic acid groups (broad SMARTS) is 2. The largest absolute Gasteiger partial charge is 0.481 e. The molecule has 5 N–H and O–H groups in total. The number of carboxylic acids is 2. The molecule has 164 valence electrons. The third-order valence-electron chi connectivity index (χ3n) is 5.31. The van der Waals surface area contributed by atoms with Gasteiger partial charge in [-0.25, -0.2) is 9.78 Å². The number of rotatable bonds is 9. The zero-order valence-electron chi connectivity index (χ0n) is 16.8. The van der Waals surface area contributed by atoms with Gasteiger partial charge in [0.1, 0.15) is 11.9 Å². The summed E-state index contributed by atoms with van der Waals surface area (Å²) in [5.41, 5.74) is 1.86. The predicted octanol–water partition coefficient (Wildman–Crippen LogP) is 1.03. The number of fused-ring (bicyclic) bond motifs is 1. The third-order valence-corrected chi connectivity index (χ3v) is 5.31. The Morgan fingerprint density at radius 2 is 1.94 bits per heavy atom. The maximum atomic E-state index is 12.3. The topological polar surface area (TPSA) is 161 Å². The summed E-state index contributed by atoms with van der Waals surface area (Å²) in [5, 5.41) is 23.4. The van der Waals surface area contributed by atoms with Gasteiger partial charge in [0.2, 0.25) is 0 Å². The SMILES string of the molecule is O=C(O)CC[C@H](NC(=O)c1ccc(CCC2CNc3nc[nH]c(=O)c3C2)cc1)C(=O)O. The highest BCUT2D eigenvalue weighted by Crippen LogP contribution is 2.22. The van der Waals surface area contributed by atoms with Gasteiger partial charge in [-0.3, -0.25) is 14.4 Å². The predicted molar refractivity (Wildman–Crippen MR) is 111 cm³/mol. The van der Waals surface area contributed by atoms with Crippen LogP contribution in [0.2, 0.25) is 0 Å². The number of aromatic nitrogens is 2. The van der Waals surface area contributed by atoms with Crippen molar-refractivity contribution in [3.05, 3.63) is 57.6 Å². The van der Waals surface area contributed by atoms with Gasteiger partial charge in [0.15, 0.2) is 0 Å². The molecule has 10 nitrogen and oxygen atoms in total. The summed E-state index contributed by atoms with van der Waals surface area (Å²) in [5.74, 6) is -2.04. The Bertz CT molecular complexity index is 1020. The molecule has 0 saturated heterocycles. The van der Waals surface area contributed by atoms with Gasteiger partial charge < -0.3 is 25.8 Å². The fourth-order valence-corrected chi connectivity index (χ4v) is 3.54. The zero-order valence-corrected chi connectivity index (χ0v) is 16.8. The van der Waals surface area contributed by atoms with E-state index in [0.29, 0.717) is 23.4 Å². The molecule has 1 aliphatic rings. The number of benzene rings is 1. The lowest BCUT2D eigenvalue weighted by Gasteiger charge is -2.24. The molecule has 1 amide bonds. The zero-order chi connectivity index (χ0) is 22.4. The Labute approximate surface area is 177 Å². The van der Waals surface area contributed by atoms with E-state index in [0.717, 1.165) is 24.9 Å². The number of carbonyl (C=O) groups excluding carboxylic acids is 1. The molecule has 0 fully saturated rings. The van der Waals surface area contributed by atoms with Crippen LogP contribution in [-0.4, -0.2) is 50.6 Å². The summed E-state index contributed by atoms with van der Waals surface area (Å²) in [6.45, 7) is 0.733. The highest BCUT2D eigenvalue weighted by atomic mass is 16.4. The number of nitrogens with zero attached hydrogens (tertiary/aromatic N) is 1. The van der Waals surface area contributed by atoms with Gasteiger partial charge in [-0.2, -0.15) is 0 Å². The molecule has 0 spiro atoms. The van der Waals surface area contributed by atoms with Gasteiger partial charge in [0.25, 0.3) is 11.5 Å². The molecule has 0 bridgehead atoms. The van der Waals surface area contributed by atoms with Crippen LogP contribution >= 0.6 is 0 Å². The van der Waals surface area contributed by atoms with Crippen LogP contribution in [0.3, 0.4) is 0 Å². The second-order valence-electron chi connectivity index (χ2n) is 7.54. The molecule has 0 aliphatic carbocycles. The fraction of sp³-hybridized carbons (Fsp3) is 0.381. The number of hydrogen-bond acceptors (Lipinski definition) is 6. The monoisotopic (exact) mass is 428 g/mol. The first-order chi connectivity index (χ1) is 14.8. The van der Waals surface area contributed by atoms with Crippen molar-refractivity contribution in [1.29, 1.82) is 0 Å². The first-order valence-electron chi connectivity index (χ1n) is 9.98. The maximum absolute atomic E-state index is 12.3. The number of H-pyrrole nitrogens is 1. The number of aromatic amines is 1. The minimum absolute atomic E-state index is 0.124. The van der Waals surface area contributed by atoms with Crippen molar-refractivity contribution in [2.24, 2.45) is 5.92 Å². The number of carbonyl (C=O) groups is 3. The average molecular weight is 428 g/mol. The van der Waals surface area contributed by atoms with E-state index in [1.54, 1.807) is 24.3 Å². The van der Waals surface area contributed by atoms with Crippen molar-refractivity contribution in [1.82, 2.24) is 15.3 Å². The number of aryl methyl sites for hydroxylation is 1. The first kappa shape index (κ1) is 22.0. The Kier molecular flexibility index (Phi) is 7.01. The van der Waals surface area contributed by atoms with Crippen LogP contribution in [0, 0.1) is 5.92 Å². The number of amides is 1. The summed E-state index contributed by atoms with van der Waals surface area (Å²) in [4.78, 5) is 52.8. The molecule has 2 aromatic rings. The van der Waals surface area contributed by atoms with Crippen LogP contribution in [0.4, 0.5) is 5.82 Å². The second-order valence-corrected chi connectivity index (χ2v) is 7.54. The number of hydrogen-bond donors (Lipinski definition) is 5. The quantitative estimate of drug-likeness (QED) is 0.396. The normalized spacial score (nSPS) is 15.9. The van der Waals surface area contributed by atoms with E-state index in [1.807, 2.05) is 0 Å². The van der Waals surface area contributed by atoms with Crippen LogP contribution in [0.5, 0.6) is 0 Å². The Morgan fingerprint density at radius 3 is 2.61 bits per heavy atom. The van der Waals surface area contributed by atoms with E-state index in [2.05, 4.69) is 20.6 Å². The molecule has 2 atom stereocenters. The molecule has 0 radical (unpaired) electrons. The van der Waals surface area contributed by atoms with Gasteiger partial charge in [0, 0.05) is 18.5 Å². The lowest BCUT2D eigenvalue weighted by molar-refractivity contribution is -0.140. The van der Waals surface area contributed by atoms with Crippen LogP contribution in [0.1, 0.15) is 40.7 Å². The first-order valence-corrected chi connectivity index (χ1v) is 9.98. The molecule has 3 rings (SSSR count). The molecular formula is C21H24N4O6. The van der Waals surface area contributed by atoms with Crippen molar-refractivity contribution in [2.45, 2.75) is 38.1 Å². The molecule has 2 heterocycles. The molecule has 1 aromatic heterocycles. The van der Waals surface area contributed by atoms with Crippen molar-refractivity contribution in [3.8, 4) is 0 Å². The lowest BCUT2D eigenvalue weighted by atomic mass is 9.91. The molecular weight excluding hydrogens is 404 g/mol. The molecule has 31 heavy (non-hydrogen) atoms. The second kappa shape index (κ2) is 9.88. The Hall–Kier alpha value is -3.69. The van der Waals surface area contributed by atoms with Crippen molar-refractivity contribution in [2.75, 3.05) is 11.9 Å². The minimum Gasteiger partial charge on any atom is -0.481 e. The third kappa shape index (κ3) is 5.91. The van der Waals surface area contributed by atoms with Gasteiger partial charge in [-0.05, 0) is 49.3 Å². The maximum Gasteiger partial charge on any atom is 0.326 e.